The Morgan fingerprint density at radius 2 is 1.97 bits per heavy atom. The molecule has 168 valence electrons. The molecule has 10 heteroatoms. The van der Waals surface area contributed by atoms with E-state index in [0.717, 1.165) is 36.0 Å². The Labute approximate surface area is 197 Å². The first-order valence-electron chi connectivity index (χ1n) is 10.1. The van der Waals surface area contributed by atoms with Crippen LogP contribution in [0.2, 0.25) is 0 Å². The van der Waals surface area contributed by atoms with Crippen LogP contribution in [0, 0.1) is 0 Å². The highest BCUT2D eigenvalue weighted by Crippen LogP contribution is 2.24. The van der Waals surface area contributed by atoms with Gasteiger partial charge in [0.25, 0.3) is 0 Å². The van der Waals surface area contributed by atoms with Crippen molar-refractivity contribution in [1.29, 1.82) is 0 Å². The topological polar surface area (TPSA) is 86.7 Å². The van der Waals surface area contributed by atoms with E-state index in [-0.39, 0.29) is 41.2 Å². The minimum atomic E-state index is -3.10. The van der Waals surface area contributed by atoms with E-state index in [0.29, 0.717) is 26.1 Å². The van der Waals surface area contributed by atoms with Gasteiger partial charge in [-0.15, -0.1) is 35.3 Å². The van der Waals surface area contributed by atoms with E-state index < -0.39 is 10.0 Å². The Bertz CT molecular complexity index is 751. The molecule has 0 aromatic carbocycles. The number of hydrogen-bond acceptors (Lipinski definition) is 5. The summed E-state index contributed by atoms with van der Waals surface area (Å²) >= 11 is 1.64. The summed E-state index contributed by atoms with van der Waals surface area (Å²) in [6, 6.07) is 0.229. The first-order chi connectivity index (χ1) is 13.2. The first-order valence-corrected chi connectivity index (χ1v) is 12.6. The molecule has 0 unspecified atom stereocenters. The zero-order valence-electron chi connectivity index (χ0n) is 18.2. The maximum atomic E-state index is 12.2. The predicted molar refractivity (Wildman–Crippen MR) is 133 cm³/mol. The predicted octanol–water partition coefficient (Wildman–Crippen LogP) is 3.32. The second-order valence-electron chi connectivity index (χ2n) is 8.21. The van der Waals surface area contributed by atoms with Crippen LogP contribution in [0.1, 0.15) is 64.6 Å². The molecule has 2 rings (SSSR count). The molecule has 0 saturated carbocycles. The number of hydrogen-bond donors (Lipinski definition) is 2. The number of aromatic nitrogens is 1. The van der Waals surface area contributed by atoms with Crippen LogP contribution >= 0.6 is 35.3 Å². The lowest BCUT2D eigenvalue weighted by molar-refractivity contribution is 0.306. The maximum Gasteiger partial charge on any atom is 0.214 e. The normalized spacial score (nSPS) is 17.1. The van der Waals surface area contributed by atoms with Crippen LogP contribution in [0.5, 0.6) is 0 Å². The molecule has 1 aliphatic rings. The summed E-state index contributed by atoms with van der Waals surface area (Å²) in [5.74, 6) is 1.00. The van der Waals surface area contributed by atoms with Gasteiger partial charge in [-0.1, -0.05) is 27.7 Å². The second kappa shape index (κ2) is 11.8. The van der Waals surface area contributed by atoms with Crippen molar-refractivity contribution in [3.8, 4) is 0 Å². The summed E-state index contributed by atoms with van der Waals surface area (Å²) in [4.78, 5) is 9.38. The molecule has 0 bridgehead atoms. The fourth-order valence-corrected chi connectivity index (χ4v) is 5.54. The highest BCUT2D eigenvalue weighted by molar-refractivity contribution is 14.0. The Morgan fingerprint density at radius 1 is 1.31 bits per heavy atom. The number of nitrogens with zero attached hydrogens (tertiary/aromatic N) is 3. The third-order valence-electron chi connectivity index (χ3n) is 4.69. The number of halogens is 1. The lowest BCUT2D eigenvalue weighted by atomic mass is 9.93. The second-order valence-corrected chi connectivity index (χ2v) is 11.2. The Kier molecular flexibility index (Phi) is 10.8. The molecule has 0 radical (unpaired) electrons. The molecule has 1 aromatic heterocycles. The van der Waals surface area contributed by atoms with E-state index in [2.05, 4.69) is 41.8 Å². The van der Waals surface area contributed by atoms with Crippen molar-refractivity contribution < 1.29 is 8.42 Å². The van der Waals surface area contributed by atoms with Crippen LogP contribution in [0.3, 0.4) is 0 Å². The standard InChI is InChI=1S/C19H35N5O2S2.HI/c1-6-12-28(25,26)24-10-8-15(9-11-24)22-18(20-7-2)21-13-17-23-16(14-27-17)19(3,4)5;/h14-15H,6-13H2,1-5H3,(H2,20,21,22);1H. The fourth-order valence-electron chi connectivity index (χ4n) is 3.05. The van der Waals surface area contributed by atoms with Gasteiger partial charge in [-0.3, -0.25) is 0 Å². The molecule has 1 aromatic rings. The summed E-state index contributed by atoms with van der Waals surface area (Å²) in [6.45, 7) is 12.9. The number of guanidine groups is 1. The van der Waals surface area contributed by atoms with Crippen molar-refractivity contribution in [2.24, 2.45) is 4.99 Å². The summed E-state index contributed by atoms with van der Waals surface area (Å²) in [7, 11) is -3.10. The van der Waals surface area contributed by atoms with Gasteiger partial charge in [-0.2, -0.15) is 0 Å². The number of thiazole rings is 1. The zero-order valence-corrected chi connectivity index (χ0v) is 22.2. The van der Waals surface area contributed by atoms with Crippen LogP contribution in [-0.2, 0) is 22.0 Å². The van der Waals surface area contributed by atoms with E-state index in [1.54, 1.807) is 15.6 Å². The van der Waals surface area contributed by atoms with Gasteiger partial charge in [0.05, 0.1) is 18.0 Å². The van der Waals surface area contributed by atoms with E-state index in [1.165, 1.54) is 0 Å². The average molecular weight is 558 g/mol. The van der Waals surface area contributed by atoms with Crippen molar-refractivity contribution in [1.82, 2.24) is 19.9 Å². The molecule has 1 fully saturated rings. The number of rotatable bonds is 7. The van der Waals surface area contributed by atoms with E-state index in [1.807, 2.05) is 13.8 Å². The monoisotopic (exact) mass is 557 g/mol. The van der Waals surface area contributed by atoms with Gasteiger partial charge in [0.2, 0.25) is 10.0 Å². The molecular formula is C19H36IN5O2S2. The van der Waals surface area contributed by atoms with E-state index in [4.69, 9.17) is 4.98 Å². The lowest BCUT2D eigenvalue weighted by Gasteiger charge is -2.32. The Balaban J connectivity index is 0.00000420. The Morgan fingerprint density at radius 3 is 2.48 bits per heavy atom. The summed E-state index contributed by atoms with van der Waals surface area (Å²) in [6.07, 6.45) is 2.24. The Hall–Kier alpha value is -0.460. The van der Waals surface area contributed by atoms with Crippen LogP contribution in [-0.4, -0.2) is 55.1 Å². The highest BCUT2D eigenvalue weighted by atomic mass is 127. The number of aliphatic imine (C=N–C) groups is 1. The molecule has 1 saturated heterocycles. The van der Waals surface area contributed by atoms with Crippen LogP contribution in [0.25, 0.3) is 0 Å². The number of sulfonamides is 1. The van der Waals surface area contributed by atoms with Crippen LogP contribution in [0.4, 0.5) is 0 Å². The molecule has 0 atom stereocenters. The summed E-state index contributed by atoms with van der Waals surface area (Å²) < 4.78 is 26.1. The smallest absolute Gasteiger partial charge is 0.214 e. The SMILES string of the molecule is CCCS(=O)(=O)N1CCC(NC(=NCc2nc(C(C)(C)C)cs2)NCC)CC1.I. The van der Waals surface area contributed by atoms with Gasteiger partial charge in [0.1, 0.15) is 5.01 Å². The molecular weight excluding hydrogens is 521 g/mol. The third-order valence-corrected chi connectivity index (χ3v) is 7.60. The number of piperidine rings is 1. The maximum absolute atomic E-state index is 12.2. The molecule has 7 nitrogen and oxygen atoms in total. The average Bonchev–Trinajstić information content (AvgIpc) is 3.10. The van der Waals surface area contributed by atoms with Gasteiger partial charge in [0, 0.05) is 36.5 Å². The van der Waals surface area contributed by atoms with Crippen LogP contribution < -0.4 is 10.6 Å². The van der Waals surface area contributed by atoms with Gasteiger partial charge in [-0.05, 0) is 26.2 Å². The van der Waals surface area contributed by atoms with Gasteiger partial charge < -0.3 is 10.6 Å². The minimum absolute atomic E-state index is 0. The molecule has 0 spiro atoms. The van der Waals surface area contributed by atoms with Crippen molar-refractivity contribution >= 4 is 51.3 Å². The van der Waals surface area contributed by atoms with Gasteiger partial charge >= 0.3 is 0 Å². The largest absolute Gasteiger partial charge is 0.357 e. The summed E-state index contributed by atoms with van der Waals surface area (Å²) in [5, 5.41) is 9.86. The molecule has 0 aliphatic carbocycles. The molecule has 0 amide bonds. The minimum Gasteiger partial charge on any atom is -0.357 e. The first kappa shape index (κ1) is 26.6. The molecule has 29 heavy (non-hydrogen) atoms. The quantitative estimate of drug-likeness (QED) is 0.305. The van der Waals surface area contributed by atoms with Crippen molar-refractivity contribution in [3.63, 3.8) is 0 Å². The zero-order chi connectivity index (χ0) is 20.8. The lowest BCUT2D eigenvalue weighted by Crippen LogP contribution is -2.50. The molecule has 1 aliphatic heterocycles. The summed E-state index contributed by atoms with van der Waals surface area (Å²) in [5.41, 5.74) is 1.15. The van der Waals surface area contributed by atoms with Gasteiger partial charge in [0.15, 0.2) is 5.96 Å². The molecule has 2 heterocycles. The fraction of sp³-hybridized carbons (Fsp3) is 0.789. The van der Waals surface area contributed by atoms with Crippen molar-refractivity contribution in [3.05, 3.63) is 16.1 Å². The highest BCUT2D eigenvalue weighted by Gasteiger charge is 2.27. The van der Waals surface area contributed by atoms with Gasteiger partial charge in [-0.25, -0.2) is 22.7 Å². The molecule has 2 N–H and O–H groups in total. The van der Waals surface area contributed by atoms with Crippen LogP contribution in [0.15, 0.2) is 10.4 Å². The third kappa shape index (κ3) is 8.29. The number of nitrogens with one attached hydrogen (secondary N) is 2. The van der Waals surface area contributed by atoms with E-state index >= 15 is 0 Å². The van der Waals surface area contributed by atoms with Crippen molar-refractivity contribution in [2.75, 3.05) is 25.4 Å². The van der Waals surface area contributed by atoms with Crippen molar-refractivity contribution in [2.45, 2.75) is 71.9 Å². The van der Waals surface area contributed by atoms with E-state index in [9.17, 15) is 8.42 Å².